The van der Waals surface area contributed by atoms with Crippen molar-refractivity contribution in [2.45, 2.75) is 26.3 Å². The van der Waals surface area contributed by atoms with Crippen LogP contribution in [0.15, 0.2) is 66.9 Å². The van der Waals surface area contributed by atoms with Gasteiger partial charge in [-0.25, -0.2) is 4.98 Å². The van der Waals surface area contributed by atoms with Gasteiger partial charge in [-0.05, 0) is 60.5 Å². The van der Waals surface area contributed by atoms with Gasteiger partial charge in [0, 0.05) is 12.7 Å². The first-order valence-corrected chi connectivity index (χ1v) is 10.7. The number of nitrogens with one attached hydrogen (secondary N) is 1. The average Bonchev–Trinajstić information content (AvgIpc) is 3.16. The van der Waals surface area contributed by atoms with E-state index in [1.54, 1.807) is 47.0 Å². The van der Waals surface area contributed by atoms with Gasteiger partial charge in [0.2, 0.25) is 0 Å². The minimum absolute atomic E-state index is 0.270. The quantitative estimate of drug-likeness (QED) is 0.337. The maximum Gasteiger partial charge on any atom is 0.573 e. The Morgan fingerprint density at radius 3 is 2.24 bits per heavy atom. The largest absolute Gasteiger partial charge is 0.573 e. The summed E-state index contributed by atoms with van der Waals surface area (Å²) in [7, 11) is 0. The van der Waals surface area contributed by atoms with Gasteiger partial charge in [-0.1, -0.05) is 30.7 Å². The van der Waals surface area contributed by atoms with Gasteiger partial charge in [0.1, 0.15) is 28.6 Å². The fourth-order valence-corrected chi connectivity index (χ4v) is 3.50. The van der Waals surface area contributed by atoms with Crippen LogP contribution in [0.25, 0.3) is 5.65 Å². The molecule has 0 aliphatic heterocycles. The third-order valence-corrected chi connectivity index (χ3v) is 5.10. The Kier molecular flexibility index (Phi) is 6.65. The van der Waals surface area contributed by atoms with E-state index in [-0.39, 0.29) is 18.2 Å². The number of rotatable bonds is 7. The summed E-state index contributed by atoms with van der Waals surface area (Å²) in [5.74, 6) is 0.247. The SMILES string of the molecule is CCc1nc2ccc(Cl)cn2c1C(=O)NCc1ccc(Oc2ccc(OC(F)(F)F)cc2)cc1. The van der Waals surface area contributed by atoms with Crippen LogP contribution in [0, 0.1) is 0 Å². The normalized spacial score (nSPS) is 11.4. The number of nitrogens with zero attached hydrogens (tertiary/aromatic N) is 2. The molecule has 2 heterocycles. The van der Waals surface area contributed by atoms with E-state index in [2.05, 4.69) is 15.0 Å². The second kappa shape index (κ2) is 9.64. The van der Waals surface area contributed by atoms with E-state index >= 15 is 0 Å². The number of carbonyl (C=O) groups is 1. The van der Waals surface area contributed by atoms with E-state index in [1.807, 2.05) is 6.92 Å². The Labute approximate surface area is 197 Å². The lowest BCUT2D eigenvalue weighted by Crippen LogP contribution is -2.25. The molecule has 0 atom stereocenters. The van der Waals surface area contributed by atoms with Gasteiger partial charge in [0.15, 0.2) is 0 Å². The number of fused-ring (bicyclic) bond motifs is 1. The number of amides is 1. The topological polar surface area (TPSA) is 64.9 Å². The van der Waals surface area contributed by atoms with E-state index in [1.165, 1.54) is 24.3 Å². The molecule has 0 aliphatic carbocycles. The summed E-state index contributed by atoms with van der Waals surface area (Å²) in [6, 6.07) is 15.5. The van der Waals surface area contributed by atoms with Crippen LogP contribution in [0.1, 0.15) is 28.7 Å². The Morgan fingerprint density at radius 1 is 1.00 bits per heavy atom. The summed E-state index contributed by atoms with van der Waals surface area (Å²) in [6.45, 7) is 2.20. The van der Waals surface area contributed by atoms with Crippen molar-refractivity contribution in [1.82, 2.24) is 14.7 Å². The standard InChI is InChI=1S/C24H19ClF3N3O3/c1-2-20-22(31-14-16(25)5-12-21(31)30-20)23(32)29-13-15-3-6-17(7-4-15)33-18-8-10-19(11-9-18)34-24(26,27)28/h3-12,14H,2,13H2,1H3,(H,29,32). The van der Waals surface area contributed by atoms with E-state index in [9.17, 15) is 18.0 Å². The Hall–Kier alpha value is -3.72. The summed E-state index contributed by atoms with van der Waals surface area (Å²) in [6.07, 6.45) is -2.49. The molecule has 10 heteroatoms. The molecular weight excluding hydrogens is 471 g/mol. The molecule has 2 aromatic carbocycles. The minimum Gasteiger partial charge on any atom is -0.457 e. The van der Waals surface area contributed by atoms with Crippen molar-refractivity contribution < 1.29 is 27.4 Å². The fourth-order valence-electron chi connectivity index (χ4n) is 3.34. The molecule has 0 fully saturated rings. The molecule has 2 aromatic heterocycles. The van der Waals surface area contributed by atoms with Crippen LogP contribution in [0.3, 0.4) is 0 Å². The molecular formula is C24H19ClF3N3O3. The number of ether oxygens (including phenoxy) is 2. The van der Waals surface area contributed by atoms with Gasteiger partial charge < -0.3 is 14.8 Å². The van der Waals surface area contributed by atoms with Crippen LogP contribution in [0.2, 0.25) is 5.02 Å². The molecule has 0 radical (unpaired) electrons. The highest BCUT2D eigenvalue weighted by atomic mass is 35.5. The highest BCUT2D eigenvalue weighted by Gasteiger charge is 2.31. The summed E-state index contributed by atoms with van der Waals surface area (Å²) in [5, 5.41) is 3.39. The summed E-state index contributed by atoms with van der Waals surface area (Å²) < 4.78 is 47.9. The molecule has 0 aliphatic rings. The monoisotopic (exact) mass is 489 g/mol. The molecule has 176 valence electrons. The van der Waals surface area contributed by atoms with E-state index in [0.29, 0.717) is 40.0 Å². The molecule has 1 N–H and O–H groups in total. The van der Waals surface area contributed by atoms with Gasteiger partial charge in [0.25, 0.3) is 5.91 Å². The first kappa shape index (κ1) is 23.4. The summed E-state index contributed by atoms with van der Waals surface area (Å²) >= 11 is 6.08. The van der Waals surface area contributed by atoms with Crippen LogP contribution >= 0.6 is 11.6 Å². The zero-order valence-corrected chi connectivity index (χ0v) is 18.7. The van der Waals surface area contributed by atoms with Crippen molar-refractivity contribution in [2.24, 2.45) is 0 Å². The molecule has 0 spiro atoms. The van der Waals surface area contributed by atoms with Crippen LogP contribution < -0.4 is 14.8 Å². The molecule has 4 aromatic rings. The number of hydrogen-bond donors (Lipinski definition) is 1. The number of halogens is 4. The predicted molar refractivity (Wildman–Crippen MR) is 120 cm³/mol. The molecule has 0 saturated carbocycles. The van der Waals surface area contributed by atoms with E-state index in [4.69, 9.17) is 16.3 Å². The van der Waals surface area contributed by atoms with Crippen molar-refractivity contribution in [2.75, 3.05) is 0 Å². The van der Waals surface area contributed by atoms with Crippen molar-refractivity contribution in [3.63, 3.8) is 0 Å². The van der Waals surface area contributed by atoms with Crippen LogP contribution in [-0.2, 0) is 13.0 Å². The molecule has 0 saturated heterocycles. The predicted octanol–water partition coefficient (Wildman–Crippen LogP) is 6.17. The molecule has 0 unspecified atom stereocenters. The highest BCUT2D eigenvalue weighted by Crippen LogP contribution is 2.27. The number of aryl methyl sites for hydroxylation is 1. The maximum absolute atomic E-state index is 12.9. The smallest absolute Gasteiger partial charge is 0.457 e. The number of pyridine rings is 1. The fraction of sp³-hybridized carbons (Fsp3) is 0.167. The van der Waals surface area contributed by atoms with Gasteiger partial charge in [-0.3, -0.25) is 9.20 Å². The lowest BCUT2D eigenvalue weighted by atomic mass is 10.2. The number of imidazole rings is 1. The Bertz CT molecular complexity index is 1300. The van der Waals surface area contributed by atoms with Crippen molar-refractivity contribution in [1.29, 1.82) is 0 Å². The summed E-state index contributed by atoms with van der Waals surface area (Å²) in [5.41, 5.74) is 2.60. The number of benzene rings is 2. The molecule has 6 nitrogen and oxygen atoms in total. The van der Waals surface area contributed by atoms with Gasteiger partial charge in [0.05, 0.1) is 10.7 Å². The lowest BCUT2D eigenvalue weighted by Gasteiger charge is -2.11. The van der Waals surface area contributed by atoms with Crippen molar-refractivity contribution in [3.8, 4) is 17.2 Å². The third-order valence-electron chi connectivity index (χ3n) is 4.87. The number of carbonyl (C=O) groups excluding carboxylic acids is 1. The molecule has 34 heavy (non-hydrogen) atoms. The van der Waals surface area contributed by atoms with Gasteiger partial charge in [-0.15, -0.1) is 13.2 Å². The molecule has 0 bridgehead atoms. The maximum atomic E-state index is 12.9. The number of alkyl halides is 3. The Morgan fingerprint density at radius 2 is 1.62 bits per heavy atom. The first-order chi connectivity index (χ1) is 16.2. The lowest BCUT2D eigenvalue weighted by molar-refractivity contribution is -0.274. The summed E-state index contributed by atoms with van der Waals surface area (Å²) in [4.78, 5) is 17.4. The van der Waals surface area contributed by atoms with Crippen LogP contribution in [0.5, 0.6) is 17.2 Å². The van der Waals surface area contributed by atoms with Gasteiger partial charge >= 0.3 is 6.36 Å². The zero-order valence-electron chi connectivity index (χ0n) is 17.9. The first-order valence-electron chi connectivity index (χ1n) is 10.3. The molecule has 4 rings (SSSR count). The highest BCUT2D eigenvalue weighted by molar-refractivity contribution is 6.30. The third kappa shape index (κ3) is 5.60. The number of hydrogen-bond acceptors (Lipinski definition) is 4. The van der Waals surface area contributed by atoms with Gasteiger partial charge in [-0.2, -0.15) is 0 Å². The average molecular weight is 490 g/mol. The van der Waals surface area contributed by atoms with Crippen LogP contribution in [0.4, 0.5) is 13.2 Å². The second-order valence-corrected chi connectivity index (χ2v) is 7.72. The molecule has 1 amide bonds. The second-order valence-electron chi connectivity index (χ2n) is 7.28. The van der Waals surface area contributed by atoms with Crippen LogP contribution in [-0.4, -0.2) is 21.7 Å². The van der Waals surface area contributed by atoms with E-state index < -0.39 is 6.36 Å². The van der Waals surface area contributed by atoms with Crippen molar-refractivity contribution in [3.05, 3.63) is 88.8 Å². The zero-order chi connectivity index (χ0) is 24.3. The number of aromatic nitrogens is 2. The van der Waals surface area contributed by atoms with Crippen molar-refractivity contribution >= 4 is 23.2 Å². The van der Waals surface area contributed by atoms with E-state index in [0.717, 1.165) is 5.56 Å². The Balaban J connectivity index is 1.38. The minimum atomic E-state index is -4.75.